The molecule has 2 unspecified atom stereocenters. The first-order valence-corrected chi connectivity index (χ1v) is 8.41. The van der Waals surface area contributed by atoms with Crippen molar-refractivity contribution in [2.24, 2.45) is 5.92 Å². The Morgan fingerprint density at radius 2 is 1.91 bits per heavy atom. The lowest BCUT2D eigenvalue weighted by molar-refractivity contribution is -0.140. The molecule has 22 heavy (non-hydrogen) atoms. The molecule has 2 saturated heterocycles. The summed E-state index contributed by atoms with van der Waals surface area (Å²) in [5.41, 5.74) is 1.10. The lowest BCUT2D eigenvalue weighted by Gasteiger charge is -2.39. The number of benzene rings is 1. The van der Waals surface area contributed by atoms with E-state index in [0.717, 1.165) is 38.2 Å². The van der Waals surface area contributed by atoms with E-state index in [1.807, 2.05) is 18.2 Å². The lowest BCUT2D eigenvalue weighted by Crippen LogP contribution is -2.49. The number of piperidine rings is 1. The molecule has 1 amide bonds. The Morgan fingerprint density at radius 3 is 2.59 bits per heavy atom. The highest BCUT2D eigenvalue weighted by Crippen LogP contribution is 2.26. The summed E-state index contributed by atoms with van der Waals surface area (Å²) in [4.78, 5) is 17.5. The van der Waals surface area contributed by atoms with Crippen LogP contribution in [-0.2, 0) is 9.53 Å². The van der Waals surface area contributed by atoms with Crippen LogP contribution in [0.15, 0.2) is 30.3 Å². The third-order valence-corrected chi connectivity index (χ3v) is 4.73. The second kappa shape index (κ2) is 7.25. The van der Waals surface area contributed by atoms with E-state index in [4.69, 9.17) is 4.74 Å². The average molecular weight is 302 g/mol. The van der Waals surface area contributed by atoms with Gasteiger partial charge in [0.05, 0.1) is 13.2 Å². The smallest absolute Gasteiger partial charge is 0.244 e. The third kappa shape index (κ3) is 3.50. The second-order valence-corrected chi connectivity index (χ2v) is 6.49. The Labute approximate surface area is 133 Å². The fourth-order valence-corrected chi connectivity index (χ4v) is 3.54. The molecule has 4 nitrogen and oxygen atoms in total. The van der Waals surface area contributed by atoms with Crippen molar-refractivity contribution in [1.29, 1.82) is 0 Å². The minimum Gasteiger partial charge on any atom is -0.379 e. The molecule has 3 rings (SSSR count). The van der Waals surface area contributed by atoms with Gasteiger partial charge in [0.25, 0.3) is 0 Å². The van der Waals surface area contributed by atoms with E-state index in [1.165, 1.54) is 6.42 Å². The minimum atomic E-state index is -0.157. The highest BCUT2D eigenvalue weighted by Gasteiger charge is 2.33. The molecule has 0 aromatic heterocycles. The van der Waals surface area contributed by atoms with E-state index >= 15 is 0 Å². The number of morpholine rings is 1. The quantitative estimate of drug-likeness (QED) is 0.859. The number of carbonyl (C=O) groups is 1. The Balaban J connectivity index is 1.82. The van der Waals surface area contributed by atoms with Crippen LogP contribution in [0.2, 0.25) is 0 Å². The predicted octanol–water partition coefficient (Wildman–Crippen LogP) is 2.32. The maximum atomic E-state index is 13.2. The number of carbonyl (C=O) groups excluding carboxylic acids is 1. The summed E-state index contributed by atoms with van der Waals surface area (Å²) >= 11 is 0. The van der Waals surface area contributed by atoms with Crippen molar-refractivity contribution in [1.82, 2.24) is 9.80 Å². The molecule has 2 aliphatic heterocycles. The van der Waals surface area contributed by atoms with Crippen molar-refractivity contribution < 1.29 is 9.53 Å². The summed E-state index contributed by atoms with van der Waals surface area (Å²) in [5.74, 6) is 0.874. The molecule has 0 radical (unpaired) electrons. The van der Waals surface area contributed by atoms with E-state index in [-0.39, 0.29) is 11.9 Å². The second-order valence-electron chi connectivity index (χ2n) is 6.49. The molecular formula is C18H26N2O2. The standard InChI is InChI=1S/C18H26N2O2/c1-15-6-5-9-20(14-15)18(21)17(16-7-3-2-4-8-16)19-10-12-22-13-11-19/h2-4,7-8,15,17H,5-6,9-14H2,1H3. The van der Waals surface area contributed by atoms with Crippen molar-refractivity contribution in [2.75, 3.05) is 39.4 Å². The predicted molar refractivity (Wildman–Crippen MR) is 86.6 cm³/mol. The lowest BCUT2D eigenvalue weighted by atomic mass is 9.97. The van der Waals surface area contributed by atoms with Gasteiger partial charge in [-0.3, -0.25) is 9.69 Å². The molecule has 2 fully saturated rings. The zero-order valence-corrected chi connectivity index (χ0v) is 13.4. The van der Waals surface area contributed by atoms with Crippen LogP contribution in [-0.4, -0.2) is 55.1 Å². The van der Waals surface area contributed by atoms with Gasteiger partial charge in [0.1, 0.15) is 6.04 Å². The van der Waals surface area contributed by atoms with Crippen LogP contribution in [0.4, 0.5) is 0 Å². The monoisotopic (exact) mass is 302 g/mol. The number of hydrogen-bond acceptors (Lipinski definition) is 3. The van der Waals surface area contributed by atoms with E-state index < -0.39 is 0 Å². The first-order chi connectivity index (χ1) is 10.8. The van der Waals surface area contributed by atoms with Crippen LogP contribution in [0.5, 0.6) is 0 Å². The van der Waals surface area contributed by atoms with E-state index in [1.54, 1.807) is 0 Å². The van der Waals surface area contributed by atoms with E-state index in [0.29, 0.717) is 19.1 Å². The normalized spacial score (nSPS) is 25.0. The summed E-state index contributed by atoms with van der Waals surface area (Å²) < 4.78 is 5.46. The molecular weight excluding hydrogens is 276 g/mol. The van der Waals surface area contributed by atoms with Crippen LogP contribution in [0, 0.1) is 5.92 Å². The largest absolute Gasteiger partial charge is 0.379 e. The Bertz CT molecular complexity index is 485. The van der Waals surface area contributed by atoms with Gasteiger partial charge in [0.15, 0.2) is 0 Å². The van der Waals surface area contributed by atoms with Gasteiger partial charge in [-0.2, -0.15) is 0 Å². The van der Waals surface area contributed by atoms with E-state index in [2.05, 4.69) is 28.9 Å². The number of hydrogen-bond donors (Lipinski definition) is 0. The van der Waals surface area contributed by atoms with Crippen LogP contribution < -0.4 is 0 Å². The fourth-order valence-electron chi connectivity index (χ4n) is 3.54. The summed E-state index contributed by atoms with van der Waals surface area (Å²) in [6, 6.07) is 10.0. The van der Waals surface area contributed by atoms with Gasteiger partial charge in [-0.1, -0.05) is 37.3 Å². The van der Waals surface area contributed by atoms with E-state index in [9.17, 15) is 4.79 Å². The fraction of sp³-hybridized carbons (Fsp3) is 0.611. The molecule has 0 saturated carbocycles. The van der Waals surface area contributed by atoms with Crippen molar-refractivity contribution in [3.05, 3.63) is 35.9 Å². The molecule has 2 heterocycles. The Hall–Kier alpha value is -1.39. The van der Waals surface area contributed by atoms with Crippen molar-refractivity contribution in [3.8, 4) is 0 Å². The van der Waals surface area contributed by atoms with Gasteiger partial charge in [0, 0.05) is 26.2 Å². The maximum absolute atomic E-state index is 13.2. The van der Waals surface area contributed by atoms with Crippen LogP contribution in [0.3, 0.4) is 0 Å². The topological polar surface area (TPSA) is 32.8 Å². The summed E-state index contributed by atoms with van der Waals surface area (Å²) in [6.07, 6.45) is 2.36. The molecule has 0 spiro atoms. The highest BCUT2D eigenvalue weighted by atomic mass is 16.5. The molecule has 1 aromatic carbocycles. The van der Waals surface area contributed by atoms with Crippen molar-refractivity contribution in [2.45, 2.75) is 25.8 Å². The number of rotatable bonds is 3. The van der Waals surface area contributed by atoms with Gasteiger partial charge >= 0.3 is 0 Å². The third-order valence-electron chi connectivity index (χ3n) is 4.73. The molecule has 2 atom stereocenters. The van der Waals surface area contributed by atoms with Gasteiger partial charge in [-0.15, -0.1) is 0 Å². The van der Waals surface area contributed by atoms with Crippen LogP contribution in [0.1, 0.15) is 31.4 Å². The molecule has 4 heteroatoms. The molecule has 0 N–H and O–H groups in total. The summed E-state index contributed by atoms with van der Waals surface area (Å²) in [7, 11) is 0. The molecule has 1 aromatic rings. The van der Waals surface area contributed by atoms with Gasteiger partial charge in [-0.25, -0.2) is 0 Å². The zero-order valence-electron chi connectivity index (χ0n) is 13.4. The number of likely N-dealkylation sites (tertiary alicyclic amines) is 1. The summed E-state index contributed by atoms with van der Waals surface area (Å²) in [5, 5.41) is 0. The minimum absolute atomic E-state index is 0.157. The SMILES string of the molecule is CC1CCCN(C(=O)C(c2ccccc2)N2CCOCC2)C1. The van der Waals surface area contributed by atoms with Gasteiger partial charge < -0.3 is 9.64 Å². The molecule has 0 bridgehead atoms. The maximum Gasteiger partial charge on any atom is 0.244 e. The first-order valence-electron chi connectivity index (χ1n) is 8.41. The van der Waals surface area contributed by atoms with Gasteiger partial charge in [0.2, 0.25) is 5.91 Å². The van der Waals surface area contributed by atoms with Gasteiger partial charge in [-0.05, 0) is 24.3 Å². The molecule has 120 valence electrons. The highest BCUT2D eigenvalue weighted by molar-refractivity contribution is 5.83. The summed E-state index contributed by atoms with van der Waals surface area (Å²) in [6.45, 7) is 7.12. The van der Waals surface area contributed by atoms with Crippen molar-refractivity contribution in [3.63, 3.8) is 0 Å². The molecule has 0 aliphatic carbocycles. The number of ether oxygens (including phenoxy) is 1. The zero-order chi connectivity index (χ0) is 15.4. The van der Waals surface area contributed by atoms with Crippen molar-refractivity contribution >= 4 is 5.91 Å². The number of amides is 1. The van der Waals surface area contributed by atoms with Crippen LogP contribution >= 0.6 is 0 Å². The Morgan fingerprint density at radius 1 is 1.18 bits per heavy atom. The molecule has 2 aliphatic rings. The van der Waals surface area contributed by atoms with Crippen LogP contribution in [0.25, 0.3) is 0 Å². The first kappa shape index (κ1) is 15.5. The number of nitrogens with zero attached hydrogens (tertiary/aromatic N) is 2. The Kier molecular flexibility index (Phi) is 5.11. The average Bonchev–Trinajstić information content (AvgIpc) is 2.57.